The number of rotatable bonds is 3. The standard InChI is InChI=1S/C13H12FN3O3S/c1-8-3-2-6-16-12(8)13(18)17-11-5-4-9(7-10(11)14)21(15,19)20/h2-7H,1H3,(H,17,18)(H2,15,19,20). The summed E-state index contributed by atoms with van der Waals surface area (Å²) < 4.78 is 36.0. The van der Waals surface area contributed by atoms with Crippen LogP contribution in [0.15, 0.2) is 41.4 Å². The van der Waals surface area contributed by atoms with Gasteiger partial charge in [0, 0.05) is 6.20 Å². The molecule has 1 heterocycles. The average molecular weight is 309 g/mol. The van der Waals surface area contributed by atoms with Crippen LogP contribution in [0.5, 0.6) is 0 Å². The maximum atomic E-state index is 13.8. The van der Waals surface area contributed by atoms with E-state index in [9.17, 15) is 17.6 Å². The Morgan fingerprint density at radius 1 is 1.33 bits per heavy atom. The van der Waals surface area contributed by atoms with Crippen molar-refractivity contribution in [2.45, 2.75) is 11.8 Å². The van der Waals surface area contributed by atoms with Gasteiger partial charge in [0.1, 0.15) is 11.5 Å². The van der Waals surface area contributed by atoms with Crippen LogP contribution < -0.4 is 10.5 Å². The highest BCUT2D eigenvalue weighted by atomic mass is 32.2. The summed E-state index contributed by atoms with van der Waals surface area (Å²) in [5.41, 5.74) is 0.640. The highest BCUT2D eigenvalue weighted by Crippen LogP contribution is 2.19. The number of nitrogens with two attached hydrogens (primary N) is 1. The minimum absolute atomic E-state index is 0.155. The predicted octanol–water partition coefficient (Wildman–Crippen LogP) is 1.43. The van der Waals surface area contributed by atoms with E-state index in [2.05, 4.69) is 10.3 Å². The largest absolute Gasteiger partial charge is 0.318 e. The lowest BCUT2D eigenvalue weighted by Gasteiger charge is -2.08. The highest BCUT2D eigenvalue weighted by Gasteiger charge is 2.15. The summed E-state index contributed by atoms with van der Waals surface area (Å²) in [6.07, 6.45) is 1.45. The molecule has 0 radical (unpaired) electrons. The normalized spacial score (nSPS) is 11.2. The zero-order valence-corrected chi connectivity index (χ0v) is 11.8. The first-order valence-corrected chi connectivity index (χ1v) is 7.39. The molecular formula is C13H12FN3O3S. The molecule has 1 aromatic carbocycles. The summed E-state index contributed by atoms with van der Waals surface area (Å²) >= 11 is 0. The Labute approximate surface area is 120 Å². The van der Waals surface area contributed by atoms with Gasteiger partial charge in [-0.25, -0.2) is 17.9 Å². The second-order valence-electron chi connectivity index (χ2n) is 4.31. The smallest absolute Gasteiger partial charge is 0.274 e. The summed E-state index contributed by atoms with van der Waals surface area (Å²) in [5, 5.41) is 7.23. The molecule has 1 aromatic heterocycles. The van der Waals surface area contributed by atoms with Gasteiger partial charge in [-0.2, -0.15) is 0 Å². The van der Waals surface area contributed by atoms with Crippen LogP contribution in [0.3, 0.4) is 0 Å². The van der Waals surface area contributed by atoms with Crippen LogP contribution >= 0.6 is 0 Å². The fourth-order valence-corrected chi connectivity index (χ4v) is 2.20. The first kappa shape index (κ1) is 15.1. The van der Waals surface area contributed by atoms with Gasteiger partial charge in [0.25, 0.3) is 5.91 Å². The number of benzene rings is 1. The summed E-state index contributed by atoms with van der Waals surface area (Å²) in [6, 6.07) is 6.36. The molecule has 0 saturated heterocycles. The molecule has 0 spiro atoms. The number of aromatic nitrogens is 1. The number of hydrogen-bond acceptors (Lipinski definition) is 4. The number of carbonyl (C=O) groups is 1. The average Bonchev–Trinajstić information content (AvgIpc) is 2.40. The van der Waals surface area contributed by atoms with E-state index in [1.54, 1.807) is 19.1 Å². The topological polar surface area (TPSA) is 102 Å². The van der Waals surface area contributed by atoms with E-state index in [4.69, 9.17) is 5.14 Å². The van der Waals surface area contributed by atoms with Gasteiger partial charge in [0.2, 0.25) is 10.0 Å². The molecule has 6 nitrogen and oxygen atoms in total. The fraction of sp³-hybridized carbons (Fsp3) is 0.0769. The molecule has 110 valence electrons. The third-order valence-electron chi connectivity index (χ3n) is 2.74. The van der Waals surface area contributed by atoms with Crippen LogP contribution in [0.2, 0.25) is 0 Å². The first-order chi connectivity index (χ1) is 9.79. The molecule has 2 aromatic rings. The van der Waals surface area contributed by atoms with Crippen molar-refractivity contribution in [3.05, 3.63) is 53.6 Å². The number of sulfonamides is 1. The fourth-order valence-electron chi connectivity index (χ4n) is 1.68. The van der Waals surface area contributed by atoms with Gasteiger partial charge in [0.05, 0.1) is 10.6 Å². The van der Waals surface area contributed by atoms with Crippen LogP contribution in [0.1, 0.15) is 16.1 Å². The molecule has 0 aliphatic carbocycles. The summed E-state index contributed by atoms with van der Waals surface area (Å²) in [7, 11) is -3.99. The van der Waals surface area contributed by atoms with Gasteiger partial charge in [-0.3, -0.25) is 9.78 Å². The number of halogens is 1. The van der Waals surface area contributed by atoms with E-state index < -0.39 is 21.7 Å². The SMILES string of the molecule is Cc1cccnc1C(=O)Nc1ccc(S(N)(=O)=O)cc1F. The maximum Gasteiger partial charge on any atom is 0.274 e. The lowest BCUT2D eigenvalue weighted by molar-refractivity contribution is 0.102. The molecule has 3 N–H and O–H groups in total. The summed E-state index contributed by atoms with van der Waals surface area (Å²) in [6.45, 7) is 1.70. The van der Waals surface area contributed by atoms with Gasteiger partial charge in [0.15, 0.2) is 0 Å². The Hall–Kier alpha value is -2.32. The van der Waals surface area contributed by atoms with Crippen molar-refractivity contribution >= 4 is 21.6 Å². The van der Waals surface area contributed by atoms with Gasteiger partial charge in [-0.05, 0) is 36.8 Å². The number of hydrogen-bond donors (Lipinski definition) is 2. The van der Waals surface area contributed by atoms with Crippen molar-refractivity contribution in [3.63, 3.8) is 0 Å². The molecule has 0 fully saturated rings. The van der Waals surface area contributed by atoms with Crippen molar-refractivity contribution in [2.75, 3.05) is 5.32 Å². The van der Waals surface area contributed by atoms with E-state index in [1.165, 1.54) is 6.20 Å². The third-order valence-corrected chi connectivity index (χ3v) is 3.65. The molecule has 8 heteroatoms. The number of aryl methyl sites for hydroxylation is 1. The van der Waals surface area contributed by atoms with Crippen molar-refractivity contribution in [1.82, 2.24) is 4.98 Å². The number of carbonyl (C=O) groups excluding carboxylic acids is 1. The molecule has 0 saturated carbocycles. The first-order valence-electron chi connectivity index (χ1n) is 5.84. The lowest BCUT2D eigenvalue weighted by atomic mass is 10.2. The Bertz CT molecular complexity index is 806. The van der Waals surface area contributed by atoms with E-state index >= 15 is 0 Å². The van der Waals surface area contributed by atoms with Crippen molar-refractivity contribution in [3.8, 4) is 0 Å². The Morgan fingerprint density at radius 3 is 2.62 bits per heavy atom. The second-order valence-corrected chi connectivity index (χ2v) is 5.87. The summed E-state index contributed by atoms with van der Waals surface area (Å²) in [4.78, 5) is 15.5. The molecule has 1 amide bonds. The molecule has 0 bridgehead atoms. The van der Waals surface area contributed by atoms with Crippen molar-refractivity contribution in [1.29, 1.82) is 0 Å². The number of anilines is 1. The number of nitrogens with one attached hydrogen (secondary N) is 1. The van der Waals surface area contributed by atoms with E-state index in [-0.39, 0.29) is 16.3 Å². The van der Waals surface area contributed by atoms with Gasteiger partial charge < -0.3 is 5.32 Å². The quantitative estimate of drug-likeness (QED) is 0.895. The minimum atomic E-state index is -3.99. The van der Waals surface area contributed by atoms with Crippen LogP contribution in [-0.2, 0) is 10.0 Å². The Balaban J connectivity index is 2.29. The van der Waals surface area contributed by atoms with Crippen LogP contribution in [0, 0.1) is 12.7 Å². The zero-order valence-electron chi connectivity index (χ0n) is 11.0. The van der Waals surface area contributed by atoms with Crippen LogP contribution in [0.4, 0.5) is 10.1 Å². The van der Waals surface area contributed by atoms with Gasteiger partial charge in [-0.15, -0.1) is 0 Å². The monoisotopic (exact) mass is 309 g/mol. The van der Waals surface area contributed by atoms with Crippen molar-refractivity contribution in [2.24, 2.45) is 5.14 Å². The third kappa shape index (κ3) is 3.41. The predicted molar refractivity (Wildman–Crippen MR) is 74.7 cm³/mol. The van der Waals surface area contributed by atoms with E-state index in [0.29, 0.717) is 5.56 Å². The maximum absolute atomic E-state index is 13.8. The second kappa shape index (κ2) is 5.58. The Kier molecular flexibility index (Phi) is 4.01. The Morgan fingerprint density at radius 2 is 2.05 bits per heavy atom. The van der Waals surface area contributed by atoms with Gasteiger partial charge >= 0.3 is 0 Å². The van der Waals surface area contributed by atoms with Crippen LogP contribution in [-0.4, -0.2) is 19.3 Å². The number of pyridine rings is 1. The number of primary sulfonamides is 1. The molecule has 0 aliphatic rings. The molecule has 21 heavy (non-hydrogen) atoms. The lowest BCUT2D eigenvalue weighted by Crippen LogP contribution is -2.17. The van der Waals surface area contributed by atoms with Crippen molar-refractivity contribution < 1.29 is 17.6 Å². The number of amides is 1. The van der Waals surface area contributed by atoms with Crippen LogP contribution in [0.25, 0.3) is 0 Å². The highest BCUT2D eigenvalue weighted by molar-refractivity contribution is 7.89. The van der Waals surface area contributed by atoms with E-state index in [0.717, 1.165) is 18.2 Å². The number of nitrogens with zero attached hydrogens (tertiary/aromatic N) is 1. The molecule has 0 atom stereocenters. The summed E-state index contributed by atoms with van der Waals surface area (Å²) in [5.74, 6) is -1.49. The zero-order chi connectivity index (χ0) is 15.6. The molecular weight excluding hydrogens is 297 g/mol. The molecule has 0 unspecified atom stereocenters. The molecule has 0 aliphatic heterocycles. The minimum Gasteiger partial charge on any atom is -0.318 e. The van der Waals surface area contributed by atoms with E-state index in [1.807, 2.05) is 0 Å². The van der Waals surface area contributed by atoms with Gasteiger partial charge in [-0.1, -0.05) is 6.07 Å². The molecule has 2 rings (SSSR count).